The average Bonchev–Trinajstić information content (AvgIpc) is 2.82. The van der Waals surface area contributed by atoms with Crippen LogP contribution in [0.2, 0.25) is 0 Å². The summed E-state index contributed by atoms with van der Waals surface area (Å²) in [5.74, 6) is -0.101. The van der Waals surface area contributed by atoms with E-state index in [-0.39, 0.29) is 18.4 Å². The quantitative estimate of drug-likeness (QED) is 0.120. The molecule has 39 heavy (non-hydrogen) atoms. The summed E-state index contributed by atoms with van der Waals surface area (Å²) < 4.78 is 19.9. The van der Waals surface area contributed by atoms with E-state index in [0.29, 0.717) is 29.6 Å². The molecule has 0 saturated heterocycles. The lowest BCUT2D eigenvalue weighted by Crippen LogP contribution is -2.32. The maximum atomic E-state index is 13.0. The number of benzene rings is 2. The van der Waals surface area contributed by atoms with Gasteiger partial charge in [0, 0.05) is 18.8 Å². The number of nitrogens with zero attached hydrogens (tertiary/aromatic N) is 1. The first-order valence-electron chi connectivity index (χ1n) is 13.2. The van der Waals surface area contributed by atoms with Gasteiger partial charge in [0.15, 0.2) is 0 Å². The summed E-state index contributed by atoms with van der Waals surface area (Å²) in [6, 6.07) is 12.9. The maximum absolute atomic E-state index is 13.0. The highest BCUT2D eigenvalue weighted by atomic mass is 31.2. The Labute approximate surface area is 231 Å². The van der Waals surface area contributed by atoms with Crippen LogP contribution in [-0.2, 0) is 18.6 Å². The van der Waals surface area contributed by atoms with Crippen molar-refractivity contribution >= 4 is 36.9 Å². The molecule has 4 N–H and O–H groups in total. The van der Waals surface area contributed by atoms with Crippen LogP contribution in [0, 0.1) is 18.8 Å². The van der Waals surface area contributed by atoms with Crippen molar-refractivity contribution in [3.05, 3.63) is 53.6 Å². The van der Waals surface area contributed by atoms with Gasteiger partial charge in [0.25, 0.3) is 0 Å². The molecule has 0 radical (unpaired) electrons. The molecule has 0 saturated carbocycles. The summed E-state index contributed by atoms with van der Waals surface area (Å²) >= 11 is 0. The van der Waals surface area contributed by atoms with Gasteiger partial charge >= 0.3 is 19.8 Å². The molecule has 216 valence electrons. The average molecular weight is 564 g/mol. The Bertz CT molecular complexity index is 1120. The van der Waals surface area contributed by atoms with E-state index in [9.17, 15) is 14.2 Å². The summed E-state index contributed by atoms with van der Waals surface area (Å²) in [5.41, 5.74) is 4.09. The van der Waals surface area contributed by atoms with Crippen LogP contribution in [0.25, 0.3) is 0 Å². The number of anilines is 3. The van der Waals surface area contributed by atoms with Crippen molar-refractivity contribution in [2.24, 2.45) is 11.8 Å². The number of carbonyl (C=O) groups excluding carboxylic acids is 2. The Kier molecular flexibility index (Phi) is 12.4. The van der Waals surface area contributed by atoms with E-state index in [2.05, 4.69) is 47.8 Å². The number of esters is 1. The number of carbonyl (C=O) groups is 2. The Morgan fingerprint density at radius 2 is 1.59 bits per heavy atom. The molecule has 0 aliphatic rings. The second kappa shape index (κ2) is 15.0. The van der Waals surface area contributed by atoms with Crippen LogP contribution in [0.15, 0.2) is 42.5 Å². The smallest absolute Gasteiger partial charge is 0.438 e. The minimum atomic E-state index is -4.73. The van der Waals surface area contributed by atoms with Crippen LogP contribution in [0.3, 0.4) is 0 Å². The molecular formula is C28H42N3O7P. The lowest BCUT2D eigenvalue weighted by Gasteiger charge is -2.31. The number of phosphoric ester groups is 1. The van der Waals surface area contributed by atoms with E-state index >= 15 is 0 Å². The number of hydrogen-bond acceptors (Lipinski definition) is 6. The molecule has 11 heteroatoms. The number of hydrogen-bond donors (Lipinski definition) is 4. The fraction of sp³-hybridized carbons (Fsp3) is 0.500. The number of ether oxygens (including phenoxy) is 1. The van der Waals surface area contributed by atoms with Crippen LogP contribution in [0.5, 0.6) is 0 Å². The van der Waals surface area contributed by atoms with Gasteiger partial charge in [-0.25, -0.2) is 13.9 Å². The van der Waals surface area contributed by atoms with E-state index < -0.39 is 20.6 Å². The van der Waals surface area contributed by atoms with Crippen molar-refractivity contribution in [3.8, 4) is 0 Å². The molecule has 0 aliphatic carbocycles. The van der Waals surface area contributed by atoms with Crippen molar-refractivity contribution in [3.63, 3.8) is 0 Å². The summed E-state index contributed by atoms with van der Waals surface area (Å²) in [6.45, 7) is 13.3. The Morgan fingerprint density at radius 1 is 0.974 bits per heavy atom. The number of nitrogens with one attached hydrogen (secondary N) is 2. The zero-order chi connectivity index (χ0) is 29.2. The molecule has 2 aromatic carbocycles. The van der Waals surface area contributed by atoms with E-state index in [4.69, 9.17) is 14.5 Å². The predicted molar refractivity (Wildman–Crippen MR) is 154 cm³/mol. The van der Waals surface area contributed by atoms with Gasteiger partial charge in [0.1, 0.15) is 0 Å². The highest BCUT2D eigenvalue weighted by Gasteiger charge is 2.22. The highest BCUT2D eigenvalue weighted by molar-refractivity contribution is 7.46. The minimum absolute atomic E-state index is 0.0168. The molecule has 2 amide bonds. The third-order valence-electron chi connectivity index (χ3n) is 5.91. The van der Waals surface area contributed by atoms with Crippen LogP contribution in [0.4, 0.5) is 21.9 Å². The van der Waals surface area contributed by atoms with E-state index in [1.807, 2.05) is 56.3 Å². The first kappa shape index (κ1) is 32.3. The molecule has 0 aliphatic heterocycles. The van der Waals surface area contributed by atoms with Gasteiger partial charge < -0.3 is 30.1 Å². The summed E-state index contributed by atoms with van der Waals surface area (Å²) in [7, 11) is -4.73. The molecule has 2 aromatic rings. The van der Waals surface area contributed by atoms with Crippen molar-refractivity contribution in [2.75, 3.05) is 35.4 Å². The van der Waals surface area contributed by atoms with Gasteiger partial charge in [0.05, 0.1) is 17.8 Å². The summed E-state index contributed by atoms with van der Waals surface area (Å²) in [6.07, 6.45) is 0.585. The molecule has 0 bridgehead atoms. The molecule has 0 spiro atoms. The predicted octanol–water partition coefficient (Wildman–Crippen LogP) is 6.25. The Morgan fingerprint density at radius 3 is 2.13 bits per heavy atom. The monoisotopic (exact) mass is 563 g/mol. The Hall–Kier alpha value is -2.91. The third-order valence-corrected chi connectivity index (χ3v) is 6.35. The van der Waals surface area contributed by atoms with Crippen molar-refractivity contribution in [2.45, 2.75) is 60.3 Å². The van der Waals surface area contributed by atoms with Crippen molar-refractivity contribution < 1.29 is 33.2 Å². The number of phosphoric acid groups is 1. The largest absolute Gasteiger partial charge is 0.472 e. The molecule has 1 atom stereocenters. The van der Waals surface area contributed by atoms with Crippen LogP contribution >= 0.6 is 7.82 Å². The summed E-state index contributed by atoms with van der Waals surface area (Å²) in [4.78, 5) is 45.2. The fourth-order valence-electron chi connectivity index (χ4n) is 4.18. The van der Waals surface area contributed by atoms with Crippen LogP contribution < -0.4 is 15.5 Å². The second-order valence-corrected chi connectivity index (χ2v) is 11.7. The minimum Gasteiger partial charge on any atom is -0.438 e. The molecule has 0 aromatic heterocycles. The molecule has 0 fully saturated rings. The van der Waals surface area contributed by atoms with Gasteiger partial charge in [-0.2, -0.15) is 0 Å². The van der Waals surface area contributed by atoms with E-state index in [1.54, 1.807) is 0 Å². The zero-order valence-corrected chi connectivity index (χ0v) is 24.5. The van der Waals surface area contributed by atoms with Gasteiger partial charge in [-0.05, 0) is 60.9 Å². The molecule has 0 unspecified atom stereocenters. The first-order chi connectivity index (χ1) is 18.3. The Balaban J connectivity index is 2.33. The molecule has 0 heterocycles. The molecular weight excluding hydrogens is 521 g/mol. The van der Waals surface area contributed by atoms with Crippen molar-refractivity contribution in [1.82, 2.24) is 0 Å². The van der Waals surface area contributed by atoms with Gasteiger partial charge in [-0.15, -0.1) is 0 Å². The van der Waals surface area contributed by atoms with Crippen LogP contribution in [-0.4, -0.2) is 41.7 Å². The number of amides is 2. The normalized spacial score (nSPS) is 12.4. The standard InChI is InChI=1S/C28H42N3O7P/c1-7-22(15-27(32)37-18-38-39(34,35)36)23-10-13-26(31(16-19(2)3)17-20(4)5)25(14-23)30-28(33)29-24-11-8-21(6)9-12-24/h8-14,19-20,22H,7,15-18H2,1-6H3,(H2,29,30,33)(H2,34,35,36)/t22-/m0/s1. The second-order valence-electron chi connectivity index (χ2n) is 10.5. The first-order valence-corrected chi connectivity index (χ1v) is 14.7. The summed E-state index contributed by atoms with van der Waals surface area (Å²) in [5, 5.41) is 5.88. The lowest BCUT2D eigenvalue weighted by molar-refractivity contribution is -0.151. The van der Waals surface area contributed by atoms with Gasteiger partial charge in [0.2, 0.25) is 6.79 Å². The van der Waals surface area contributed by atoms with Crippen LogP contribution in [0.1, 0.15) is 64.5 Å². The molecule has 10 nitrogen and oxygen atoms in total. The topological polar surface area (TPSA) is 137 Å². The third kappa shape index (κ3) is 11.8. The number of urea groups is 1. The zero-order valence-electron chi connectivity index (χ0n) is 23.6. The van der Waals surface area contributed by atoms with Crippen molar-refractivity contribution in [1.29, 1.82) is 0 Å². The van der Waals surface area contributed by atoms with Gasteiger partial charge in [-0.1, -0.05) is 58.4 Å². The SMILES string of the molecule is CC[C@@H](CC(=O)OCOP(=O)(O)O)c1ccc(N(CC(C)C)CC(C)C)c(NC(=O)Nc2ccc(C)cc2)c1. The highest BCUT2D eigenvalue weighted by Crippen LogP contribution is 2.36. The van der Waals surface area contributed by atoms with Gasteiger partial charge in [-0.3, -0.25) is 4.79 Å². The maximum Gasteiger partial charge on any atom is 0.472 e. The van der Waals surface area contributed by atoms with E-state index in [1.165, 1.54) is 0 Å². The fourth-order valence-corrected chi connectivity index (χ4v) is 4.37. The lowest BCUT2D eigenvalue weighted by atomic mass is 9.92. The number of rotatable bonds is 14. The number of aryl methyl sites for hydroxylation is 1. The molecule has 2 rings (SSSR count). The van der Waals surface area contributed by atoms with E-state index in [0.717, 1.165) is 29.9 Å².